The Labute approximate surface area is 149 Å². The number of hydrogen-bond acceptors (Lipinski definition) is 4. The van der Waals surface area contributed by atoms with Gasteiger partial charge in [-0.3, -0.25) is 9.69 Å². The molecule has 1 unspecified atom stereocenters. The number of nitrogens with one attached hydrogen (secondary N) is 1. The minimum absolute atomic E-state index is 0.0505. The van der Waals surface area contributed by atoms with E-state index in [-0.39, 0.29) is 11.8 Å². The van der Waals surface area contributed by atoms with Crippen LogP contribution in [-0.2, 0) is 4.79 Å². The second kappa shape index (κ2) is 7.99. The highest BCUT2D eigenvalue weighted by molar-refractivity contribution is 5.79. The van der Waals surface area contributed by atoms with Crippen molar-refractivity contribution in [2.24, 2.45) is 5.92 Å². The maximum atomic E-state index is 12.3. The minimum Gasteiger partial charge on any atom is -0.388 e. The Hall–Kier alpha value is -1.90. The zero-order valence-corrected chi connectivity index (χ0v) is 14.7. The van der Waals surface area contributed by atoms with E-state index in [9.17, 15) is 15.2 Å². The number of aliphatic hydroxyl groups excluding tert-OH is 1. The molecule has 2 fully saturated rings. The van der Waals surface area contributed by atoms with Crippen molar-refractivity contribution in [3.63, 3.8) is 0 Å². The largest absolute Gasteiger partial charge is 0.388 e. The Morgan fingerprint density at radius 3 is 2.52 bits per heavy atom. The highest BCUT2D eigenvalue weighted by Crippen LogP contribution is 2.31. The first-order chi connectivity index (χ1) is 12.1. The number of likely N-dealkylation sites (tertiary alicyclic amines) is 1. The van der Waals surface area contributed by atoms with Crippen LogP contribution in [0.1, 0.15) is 50.2 Å². The minimum atomic E-state index is -0.640. The van der Waals surface area contributed by atoms with Crippen molar-refractivity contribution in [3.8, 4) is 6.07 Å². The molecule has 1 saturated carbocycles. The molecule has 0 radical (unpaired) electrons. The number of piperidine rings is 1. The number of rotatable bonds is 5. The Morgan fingerprint density at radius 2 is 1.92 bits per heavy atom. The Balaban J connectivity index is 1.46. The average Bonchev–Trinajstić information content (AvgIpc) is 3.11. The van der Waals surface area contributed by atoms with Gasteiger partial charge in [0.2, 0.25) is 5.91 Å². The van der Waals surface area contributed by atoms with E-state index in [1.807, 2.05) is 30.3 Å². The van der Waals surface area contributed by atoms with Crippen LogP contribution >= 0.6 is 0 Å². The van der Waals surface area contributed by atoms with Gasteiger partial charge >= 0.3 is 0 Å². The van der Waals surface area contributed by atoms with Crippen molar-refractivity contribution < 1.29 is 9.90 Å². The lowest BCUT2D eigenvalue weighted by atomic mass is 9.87. The van der Waals surface area contributed by atoms with Crippen molar-refractivity contribution in [1.29, 1.82) is 5.26 Å². The number of hydrogen-bond donors (Lipinski definition) is 2. The highest BCUT2D eigenvalue weighted by Gasteiger charge is 2.36. The summed E-state index contributed by atoms with van der Waals surface area (Å²) in [6, 6.07) is 12.1. The van der Waals surface area contributed by atoms with Gasteiger partial charge < -0.3 is 10.4 Å². The second-order valence-electron chi connectivity index (χ2n) is 7.42. The van der Waals surface area contributed by atoms with Crippen molar-refractivity contribution >= 4 is 5.91 Å². The molecule has 2 N–H and O–H groups in total. The third kappa shape index (κ3) is 4.39. The fourth-order valence-corrected chi connectivity index (χ4v) is 4.10. The molecule has 1 heterocycles. The van der Waals surface area contributed by atoms with Gasteiger partial charge in [0.25, 0.3) is 0 Å². The summed E-state index contributed by atoms with van der Waals surface area (Å²) in [5, 5.41) is 22.9. The zero-order valence-electron chi connectivity index (χ0n) is 14.7. The van der Waals surface area contributed by atoms with Crippen LogP contribution in [0.3, 0.4) is 0 Å². The van der Waals surface area contributed by atoms with E-state index in [0.29, 0.717) is 6.54 Å². The van der Waals surface area contributed by atoms with E-state index < -0.39 is 11.6 Å². The summed E-state index contributed by atoms with van der Waals surface area (Å²) in [5.74, 6) is 0.188. The lowest BCUT2D eigenvalue weighted by molar-refractivity contribution is -0.124. The standard InChI is InChI=1S/C20H27N3O2/c21-15-20(10-4-5-11-20)22-18(24)14-23-12-8-17(9-13-23)19(25)16-6-2-1-3-7-16/h1-3,6-7,17,19,25H,4-5,8-14H2,(H,22,24). The van der Waals surface area contributed by atoms with Crippen LogP contribution in [-0.4, -0.2) is 41.1 Å². The number of nitrogens with zero attached hydrogens (tertiary/aromatic N) is 2. The molecule has 2 aliphatic rings. The molecule has 0 bridgehead atoms. The van der Waals surface area contributed by atoms with E-state index >= 15 is 0 Å². The molecule has 134 valence electrons. The molecule has 25 heavy (non-hydrogen) atoms. The van der Waals surface area contributed by atoms with Gasteiger partial charge in [0.15, 0.2) is 0 Å². The molecule has 3 rings (SSSR count). The lowest BCUT2D eigenvalue weighted by Gasteiger charge is -2.34. The Morgan fingerprint density at radius 1 is 1.28 bits per heavy atom. The second-order valence-corrected chi connectivity index (χ2v) is 7.42. The van der Waals surface area contributed by atoms with E-state index in [0.717, 1.165) is 57.2 Å². The first-order valence-electron chi connectivity index (χ1n) is 9.29. The summed E-state index contributed by atoms with van der Waals surface area (Å²) in [4.78, 5) is 14.4. The van der Waals surface area contributed by atoms with Crippen molar-refractivity contribution in [2.45, 2.75) is 50.2 Å². The van der Waals surface area contributed by atoms with Crippen molar-refractivity contribution in [2.75, 3.05) is 19.6 Å². The van der Waals surface area contributed by atoms with Crippen molar-refractivity contribution in [3.05, 3.63) is 35.9 Å². The fraction of sp³-hybridized carbons (Fsp3) is 0.600. The molecule has 0 aromatic heterocycles. The predicted octanol–water partition coefficient (Wildman–Crippen LogP) is 2.38. The summed E-state index contributed by atoms with van der Waals surface area (Å²) in [6.07, 6.45) is 4.88. The molecule has 1 amide bonds. The third-order valence-electron chi connectivity index (χ3n) is 5.64. The molecule has 0 spiro atoms. The van der Waals surface area contributed by atoms with E-state index in [1.54, 1.807) is 0 Å². The Kier molecular flexibility index (Phi) is 5.72. The van der Waals surface area contributed by atoms with Crippen LogP contribution in [0.15, 0.2) is 30.3 Å². The monoisotopic (exact) mass is 341 g/mol. The number of aliphatic hydroxyl groups is 1. The predicted molar refractivity (Wildman–Crippen MR) is 95.5 cm³/mol. The van der Waals surface area contributed by atoms with Crippen LogP contribution in [0.2, 0.25) is 0 Å². The highest BCUT2D eigenvalue weighted by atomic mass is 16.3. The number of benzene rings is 1. The van der Waals surface area contributed by atoms with Crippen LogP contribution in [0.4, 0.5) is 0 Å². The van der Waals surface area contributed by atoms with Gasteiger partial charge in [-0.1, -0.05) is 30.3 Å². The molecule has 1 atom stereocenters. The Bertz CT molecular complexity index is 612. The molecule has 1 aromatic carbocycles. The summed E-state index contributed by atoms with van der Waals surface area (Å²) in [7, 11) is 0. The molecule has 5 heteroatoms. The molecular weight excluding hydrogens is 314 g/mol. The molecule has 5 nitrogen and oxygen atoms in total. The maximum Gasteiger partial charge on any atom is 0.235 e. The molecule has 1 aliphatic heterocycles. The molecule has 1 aromatic rings. The van der Waals surface area contributed by atoms with Gasteiger partial charge in [0, 0.05) is 0 Å². The van der Waals surface area contributed by atoms with Gasteiger partial charge in [-0.05, 0) is 63.1 Å². The van der Waals surface area contributed by atoms with E-state index in [2.05, 4.69) is 16.3 Å². The maximum absolute atomic E-state index is 12.3. The van der Waals surface area contributed by atoms with Crippen molar-refractivity contribution in [1.82, 2.24) is 10.2 Å². The number of carbonyl (C=O) groups excluding carboxylic acids is 1. The summed E-state index contributed by atoms with van der Waals surface area (Å²) in [6.45, 7) is 1.96. The molecule has 1 aliphatic carbocycles. The average molecular weight is 341 g/mol. The van der Waals surface area contributed by atoms with Crippen LogP contribution < -0.4 is 5.32 Å². The molecule has 1 saturated heterocycles. The van der Waals surface area contributed by atoms with Gasteiger partial charge in [0.05, 0.1) is 18.7 Å². The van der Waals surface area contributed by atoms with Gasteiger partial charge in [-0.15, -0.1) is 0 Å². The van der Waals surface area contributed by atoms with E-state index in [1.165, 1.54) is 0 Å². The lowest BCUT2D eigenvalue weighted by Crippen LogP contribution is -2.50. The van der Waals surface area contributed by atoms with Crippen LogP contribution in [0.5, 0.6) is 0 Å². The first-order valence-corrected chi connectivity index (χ1v) is 9.29. The normalized spacial score (nSPS) is 22.2. The van der Waals surface area contributed by atoms with Crippen LogP contribution in [0, 0.1) is 17.2 Å². The quantitative estimate of drug-likeness (QED) is 0.862. The first kappa shape index (κ1) is 17.9. The SMILES string of the molecule is N#CC1(NC(=O)CN2CCC(C(O)c3ccccc3)CC2)CCCC1. The fourth-order valence-electron chi connectivity index (χ4n) is 4.10. The van der Waals surface area contributed by atoms with E-state index in [4.69, 9.17) is 0 Å². The third-order valence-corrected chi connectivity index (χ3v) is 5.64. The number of nitriles is 1. The number of carbonyl (C=O) groups is 1. The topological polar surface area (TPSA) is 76.4 Å². The number of amides is 1. The van der Waals surface area contributed by atoms with Gasteiger partial charge in [-0.2, -0.15) is 5.26 Å². The smallest absolute Gasteiger partial charge is 0.235 e. The summed E-state index contributed by atoms with van der Waals surface area (Å²) in [5.41, 5.74) is 0.328. The summed E-state index contributed by atoms with van der Waals surface area (Å²) < 4.78 is 0. The molecular formula is C20H27N3O2. The van der Waals surface area contributed by atoms with Crippen LogP contribution in [0.25, 0.3) is 0 Å². The van der Waals surface area contributed by atoms with Gasteiger partial charge in [-0.25, -0.2) is 0 Å². The summed E-state index contributed by atoms with van der Waals surface area (Å²) >= 11 is 0. The zero-order chi connectivity index (χ0) is 17.7. The van der Waals surface area contributed by atoms with Gasteiger partial charge in [0.1, 0.15) is 5.54 Å².